The molecule has 0 unspecified atom stereocenters. The standard InChI is InChI=1S/C19H21FN2O3/c1-22-9-3-5-15(22)12-25-19(24)21-18-8-7-14(20)11-17(18)13-4-2-6-16(23)10-13/h2,4,6-8,10-11,15,23H,3,5,9,12H2,1H3,(H,21,24)/t15-/m0/s1. The molecule has 3 rings (SSSR count). The van der Waals surface area contributed by atoms with E-state index in [1.54, 1.807) is 12.1 Å². The van der Waals surface area contributed by atoms with Crippen LogP contribution in [0.3, 0.4) is 0 Å². The minimum absolute atomic E-state index is 0.0690. The minimum Gasteiger partial charge on any atom is -0.508 e. The van der Waals surface area contributed by atoms with Crippen molar-refractivity contribution in [3.63, 3.8) is 0 Å². The Balaban J connectivity index is 1.72. The first-order chi connectivity index (χ1) is 12.0. The third-order valence-electron chi connectivity index (χ3n) is 4.45. The van der Waals surface area contributed by atoms with Gasteiger partial charge in [0.15, 0.2) is 0 Å². The number of aromatic hydroxyl groups is 1. The van der Waals surface area contributed by atoms with Crippen LogP contribution in [-0.4, -0.2) is 42.3 Å². The van der Waals surface area contributed by atoms with Gasteiger partial charge in [-0.2, -0.15) is 0 Å². The van der Waals surface area contributed by atoms with Crippen molar-refractivity contribution in [1.29, 1.82) is 0 Å². The molecule has 0 aromatic heterocycles. The maximum absolute atomic E-state index is 13.7. The van der Waals surface area contributed by atoms with Crippen molar-refractivity contribution in [2.24, 2.45) is 0 Å². The number of rotatable bonds is 4. The largest absolute Gasteiger partial charge is 0.508 e. The number of hydrogen-bond donors (Lipinski definition) is 2. The van der Waals surface area contributed by atoms with Gasteiger partial charge < -0.3 is 14.7 Å². The summed E-state index contributed by atoms with van der Waals surface area (Å²) in [6.07, 6.45) is 1.54. The Morgan fingerprint density at radius 3 is 2.92 bits per heavy atom. The lowest BCUT2D eigenvalue weighted by Crippen LogP contribution is -2.31. The summed E-state index contributed by atoms with van der Waals surface area (Å²) in [6, 6.07) is 10.7. The van der Waals surface area contributed by atoms with E-state index in [0.29, 0.717) is 23.4 Å². The SMILES string of the molecule is CN1CCC[C@H]1COC(=O)Nc1ccc(F)cc1-c1cccc(O)c1. The van der Waals surface area contributed by atoms with Crippen LogP contribution in [0.2, 0.25) is 0 Å². The number of carbonyl (C=O) groups excluding carboxylic acids is 1. The lowest BCUT2D eigenvalue weighted by Gasteiger charge is -2.19. The molecule has 1 saturated heterocycles. The zero-order valence-electron chi connectivity index (χ0n) is 14.0. The van der Waals surface area contributed by atoms with Gasteiger partial charge in [-0.25, -0.2) is 9.18 Å². The Labute approximate surface area is 146 Å². The van der Waals surface area contributed by atoms with Crippen LogP contribution in [0.25, 0.3) is 11.1 Å². The van der Waals surface area contributed by atoms with E-state index in [1.807, 2.05) is 7.05 Å². The fraction of sp³-hybridized carbons (Fsp3) is 0.316. The van der Waals surface area contributed by atoms with Gasteiger partial charge in [-0.05, 0) is 62.3 Å². The quantitative estimate of drug-likeness (QED) is 0.885. The number of nitrogens with zero attached hydrogens (tertiary/aromatic N) is 1. The highest BCUT2D eigenvalue weighted by Crippen LogP contribution is 2.31. The molecule has 25 heavy (non-hydrogen) atoms. The predicted octanol–water partition coefficient (Wildman–Crippen LogP) is 3.84. The van der Waals surface area contributed by atoms with Crippen molar-refractivity contribution in [3.05, 3.63) is 48.3 Å². The van der Waals surface area contributed by atoms with Crippen LogP contribution in [0.1, 0.15) is 12.8 Å². The van der Waals surface area contributed by atoms with Crippen molar-refractivity contribution < 1.29 is 19.0 Å². The Hall–Kier alpha value is -2.60. The summed E-state index contributed by atoms with van der Waals surface area (Å²) in [4.78, 5) is 14.3. The Morgan fingerprint density at radius 2 is 2.20 bits per heavy atom. The van der Waals surface area contributed by atoms with Crippen molar-refractivity contribution in [2.45, 2.75) is 18.9 Å². The molecule has 1 atom stereocenters. The topological polar surface area (TPSA) is 61.8 Å². The second-order valence-corrected chi connectivity index (χ2v) is 6.24. The monoisotopic (exact) mass is 344 g/mol. The molecule has 132 valence electrons. The first kappa shape index (κ1) is 17.2. The van der Waals surface area contributed by atoms with E-state index in [-0.39, 0.29) is 11.8 Å². The van der Waals surface area contributed by atoms with Gasteiger partial charge in [0, 0.05) is 11.6 Å². The van der Waals surface area contributed by atoms with Gasteiger partial charge >= 0.3 is 6.09 Å². The van der Waals surface area contributed by atoms with Gasteiger partial charge in [-0.15, -0.1) is 0 Å². The number of phenolic OH excluding ortho intramolecular Hbond substituents is 1. The third kappa shape index (κ3) is 4.28. The Morgan fingerprint density at radius 1 is 1.36 bits per heavy atom. The van der Waals surface area contributed by atoms with Crippen LogP contribution in [-0.2, 0) is 4.74 Å². The summed E-state index contributed by atoms with van der Waals surface area (Å²) in [5.41, 5.74) is 1.51. The summed E-state index contributed by atoms with van der Waals surface area (Å²) in [6.45, 7) is 1.33. The molecule has 6 heteroatoms. The number of likely N-dealkylation sites (tertiary alicyclic amines) is 1. The van der Waals surface area contributed by atoms with Gasteiger partial charge in [0.1, 0.15) is 18.2 Å². The minimum atomic E-state index is -0.576. The summed E-state index contributed by atoms with van der Waals surface area (Å²) in [5.74, 6) is -0.357. The molecule has 1 amide bonds. The zero-order valence-corrected chi connectivity index (χ0v) is 14.0. The molecule has 0 saturated carbocycles. The van der Waals surface area contributed by atoms with Crippen LogP contribution >= 0.6 is 0 Å². The highest BCUT2D eigenvalue weighted by molar-refractivity contribution is 5.91. The molecule has 1 aliphatic rings. The molecule has 5 nitrogen and oxygen atoms in total. The van der Waals surface area contributed by atoms with Crippen LogP contribution in [0.15, 0.2) is 42.5 Å². The van der Waals surface area contributed by atoms with E-state index in [2.05, 4.69) is 10.2 Å². The average Bonchev–Trinajstić information content (AvgIpc) is 3.00. The number of halogens is 1. The molecular weight excluding hydrogens is 323 g/mol. The molecule has 2 aromatic rings. The molecule has 0 aliphatic carbocycles. The van der Waals surface area contributed by atoms with Crippen LogP contribution in [0, 0.1) is 5.82 Å². The number of ether oxygens (including phenoxy) is 1. The zero-order chi connectivity index (χ0) is 17.8. The van der Waals surface area contributed by atoms with E-state index in [9.17, 15) is 14.3 Å². The molecule has 0 radical (unpaired) electrons. The number of hydrogen-bond acceptors (Lipinski definition) is 4. The number of benzene rings is 2. The average molecular weight is 344 g/mol. The van der Waals surface area contributed by atoms with Gasteiger partial charge in [0.05, 0.1) is 5.69 Å². The second kappa shape index (κ2) is 7.53. The van der Waals surface area contributed by atoms with Gasteiger partial charge in [-0.3, -0.25) is 5.32 Å². The molecule has 1 heterocycles. The maximum atomic E-state index is 13.7. The molecule has 2 N–H and O–H groups in total. The van der Waals surface area contributed by atoms with E-state index in [1.165, 1.54) is 30.3 Å². The fourth-order valence-electron chi connectivity index (χ4n) is 3.05. The predicted molar refractivity (Wildman–Crippen MR) is 94.1 cm³/mol. The van der Waals surface area contributed by atoms with Crippen molar-refractivity contribution in [3.8, 4) is 16.9 Å². The Kier molecular flexibility index (Phi) is 5.19. The summed E-state index contributed by atoms with van der Waals surface area (Å²) < 4.78 is 19.0. The summed E-state index contributed by atoms with van der Waals surface area (Å²) >= 11 is 0. The van der Waals surface area contributed by atoms with E-state index in [4.69, 9.17) is 4.74 Å². The van der Waals surface area contributed by atoms with Gasteiger partial charge in [0.2, 0.25) is 0 Å². The van der Waals surface area contributed by atoms with Crippen molar-refractivity contribution in [1.82, 2.24) is 4.90 Å². The lowest BCUT2D eigenvalue weighted by atomic mass is 10.0. The molecular formula is C19H21FN2O3. The highest BCUT2D eigenvalue weighted by Gasteiger charge is 2.22. The van der Waals surface area contributed by atoms with E-state index >= 15 is 0 Å². The van der Waals surface area contributed by atoms with Gasteiger partial charge in [0.25, 0.3) is 0 Å². The van der Waals surface area contributed by atoms with Crippen LogP contribution in [0.4, 0.5) is 14.9 Å². The van der Waals surface area contributed by atoms with Gasteiger partial charge in [-0.1, -0.05) is 12.1 Å². The first-order valence-electron chi connectivity index (χ1n) is 8.26. The molecule has 2 aromatic carbocycles. The first-order valence-corrected chi connectivity index (χ1v) is 8.26. The van der Waals surface area contributed by atoms with E-state index < -0.39 is 11.9 Å². The molecule has 0 bridgehead atoms. The fourth-order valence-corrected chi connectivity index (χ4v) is 3.05. The summed E-state index contributed by atoms with van der Waals surface area (Å²) in [7, 11) is 2.01. The van der Waals surface area contributed by atoms with Crippen LogP contribution in [0.5, 0.6) is 5.75 Å². The smallest absolute Gasteiger partial charge is 0.411 e. The number of likely N-dealkylation sites (N-methyl/N-ethyl adjacent to an activating group) is 1. The normalized spacial score (nSPS) is 17.4. The number of phenols is 1. The maximum Gasteiger partial charge on any atom is 0.411 e. The van der Waals surface area contributed by atoms with Crippen LogP contribution < -0.4 is 5.32 Å². The number of nitrogens with one attached hydrogen (secondary N) is 1. The molecule has 1 fully saturated rings. The number of anilines is 1. The van der Waals surface area contributed by atoms with Crippen molar-refractivity contribution >= 4 is 11.8 Å². The lowest BCUT2D eigenvalue weighted by molar-refractivity contribution is 0.127. The molecule has 1 aliphatic heterocycles. The molecule has 0 spiro atoms. The highest BCUT2D eigenvalue weighted by atomic mass is 19.1. The third-order valence-corrected chi connectivity index (χ3v) is 4.45. The number of amides is 1. The van der Waals surface area contributed by atoms with Crippen molar-refractivity contribution in [2.75, 3.05) is 25.5 Å². The Bertz CT molecular complexity index is 766. The number of carbonyl (C=O) groups is 1. The summed E-state index contributed by atoms with van der Waals surface area (Å²) in [5, 5.41) is 12.3. The second-order valence-electron chi connectivity index (χ2n) is 6.24. The van der Waals surface area contributed by atoms with E-state index in [0.717, 1.165) is 19.4 Å².